The van der Waals surface area contributed by atoms with Gasteiger partial charge >= 0.3 is 0 Å². The van der Waals surface area contributed by atoms with Crippen LogP contribution in [0, 0.1) is 46.8 Å². The molecule has 6 aromatic rings. The van der Waals surface area contributed by atoms with E-state index in [1.165, 1.54) is 27.8 Å². The van der Waals surface area contributed by atoms with Crippen molar-refractivity contribution in [3.05, 3.63) is 137 Å². The number of hydrogen-bond donors (Lipinski definition) is 0. The van der Waals surface area contributed by atoms with Gasteiger partial charge in [0.15, 0.2) is 0 Å². The van der Waals surface area contributed by atoms with Crippen LogP contribution in [-0.4, -0.2) is 16.7 Å². The summed E-state index contributed by atoms with van der Waals surface area (Å²) >= 11 is 0. The van der Waals surface area contributed by atoms with Gasteiger partial charge in [-0.05, 0) is 73.9 Å². The number of para-hydroxylation sites is 1. The zero-order valence-electron chi connectivity index (χ0n) is 25.9. The van der Waals surface area contributed by atoms with Crippen molar-refractivity contribution in [3.63, 3.8) is 0 Å². The van der Waals surface area contributed by atoms with Crippen LogP contribution in [0.5, 0.6) is 23.0 Å². The summed E-state index contributed by atoms with van der Waals surface area (Å²) in [4.78, 5) is 9.07. The van der Waals surface area contributed by atoms with E-state index in [1.54, 1.807) is 0 Å². The minimum Gasteiger partial charge on any atom is -0.503 e. The van der Waals surface area contributed by atoms with Crippen LogP contribution in [0.3, 0.4) is 0 Å². The molecule has 8 rings (SSSR count). The second-order valence-electron chi connectivity index (χ2n) is 11.6. The van der Waals surface area contributed by atoms with E-state index in [4.69, 9.17) is 9.47 Å². The molecule has 2 aliphatic rings. The molecule has 2 aliphatic heterocycles. The van der Waals surface area contributed by atoms with Gasteiger partial charge in [-0.3, -0.25) is 0 Å². The summed E-state index contributed by atoms with van der Waals surface area (Å²) in [6.07, 6.45) is 3.83. The Morgan fingerprint density at radius 1 is 0.622 bits per heavy atom. The third-order valence-electron chi connectivity index (χ3n) is 8.51. The molecule has 0 amide bonds. The molecule has 4 nitrogen and oxygen atoms in total. The van der Waals surface area contributed by atoms with Gasteiger partial charge in [0.25, 0.3) is 0 Å². The van der Waals surface area contributed by atoms with Gasteiger partial charge in [0.1, 0.15) is 17.2 Å². The summed E-state index contributed by atoms with van der Waals surface area (Å²) in [7, 11) is 0. The Hall–Kier alpha value is -4.51. The molecule has 1 radical (unpaired) electrons. The maximum atomic E-state index is 6.44. The SMILES string of the molecule is Cc1c[c-]c(-c2cc(C)c(C)cn2)cc1.Cc1cnc(-c2[c-]ccc3c2Oc2cccc4c2B3c2ccccc2O4)cc1C.[Ir]. The van der Waals surface area contributed by atoms with Crippen LogP contribution in [0.4, 0.5) is 0 Å². The van der Waals surface area contributed by atoms with Crippen LogP contribution in [0.25, 0.3) is 22.5 Å². The molecule has 4 heterocycles. The van der Waals surface area contributed by atoms with Crippen molar-refractivity contribution in [1.82, 2.24) is 9.97 Å². The van der Waals surface area contributed by atoms with Gasteiger partial charge < -0.3 is 19.4 Å². The van der Waals surface area contributed by atoms with Crippen molar-refractivity contribution in [1.29, 1.82) is 0 Å². The molecule has 0 N–H and O–H groups in total. The zero-order chi connectivity index (χ0) is 30.4. The number of hydrogen-bond acceptors (Lipinski definition) is 4. The fraction of sp³-hybridized carbons (Fsp3) is 0.128. The van der Waals surface area contributed by atoms with Crippen LogP contribution >= 0.6 is 0 Å². The molecule has 223 valence electrons. The van der Waals surface area contributed by atoms with Crippen LogP contribution < -0.4 is 25.9 Å². The zero-order valence-corrected chi connectivity index (χ0v) is 28.3. The van der Waals surface area contributed by atoms with Gasteiger partial charge in [-0.2, -0.15) is 0 Å². The van der Waals surface area contributed by atoms with E-state index < -0.39 is 0 Å². The number of fused-ring (bicyclic) bond motifs is 4. The monoisotopic (exact) mass is 763 g/mol. The molecule has 0 unspecified atom stereocenters. The molecular weight excluding hydrogens is 731 g/mol. The summed E-state index contributed by atoms with van der Waals surface area (Å²) in [5.74, 6) is 3.41. The number of nitrogens with zero attached hydrogens (tertiary/aromatic N) is 2. The normalized spacial score (nSPS) is 11.8. The van der Waals surface area contributed by atoms with Crippen LogP contribution in [-0.2, 0) is 20.1 Å². The Kier molecular flexibility index (Phi) is 8.46. The Morgan fingerprint density at radius 2 is 1.29 bits per heavy atom. The standard InChI is InChI=1S/C25H17BNO2.C14H14N.Ir/c1-15-13-20(27-14-16(15)2)17-7-5-9-19-25(17)29-23-12-6-11-22-24(23)26(19)18-8-3-4-10-21(18)28-22;1-10-4-6-13(7-5-10)14-8-11(2)12(3)9-15-14;/h3-6,8-14H,1-2H3;4-6,8-9H,1-3H3;/q2*-1;. The van der Waals surface area contributed by atoms with Gasteiger partial charge in [-0.15, -0.1) is 59.1 Å². The third kappa shape index (κ3) is 5.72. The molecule has 0 fully saturated rings. The Labute approximate surface area is 279 Å². The average Bonchev–Trinajstić information content (AvgIpc) is 3.04. The molecule has 0 spiro atoms. The maximum absolute atomic E-state index is 6.44. The minimum absolute atomic E-state index is 0. The summed E-state index contributed by atoms with van der Waals surface area (Å²) in [6, 6.07) is 35.3. The number of aromatic nitrogens is 2. The van der Waals surface area contributed by atoms with E-state index in [2.05, 4.69) is 99.2 Å². The summed E-state index contributed by atoms with van der Waals surface area (Å²) in [5, 5.41) is 0. The van der Waals surface area contributed by atoms with E-state index in [-0.39, 0.29) is 26.8 Å². The number of pyridine rings is 2. The van der Waals surface area contributed by atoms with Gasteiger partial charge in [-0.25, -0.2) is 0 Å². The van der Waals surface area contributed by atoms with Crippen molar-refractivity contribution in [2.24, 2.45) is 0 Å². The Morgan fingerprint density at radius 3 is 2.00 bits per heavy atom. The number of rotatable bonds is 2. The van der Waals surface area contributed by atoms with E-state index in [0.29, 0.717) is 0 Å². The smallest absolute Gasteiger partial charge is 0.241 e. The van der Waals surface area contributed by atoms with Gasteiger partial charge in [0.05, 0.1) is 0 Å². The second-order valence-corrected chi connectivity index (χ2v) is 11.6. The number of ether oxygens (including phenoxy) is 2. The van der Waals surface area contributed by atoms with Crippen LogP contribution in [0.15, 0.2) is 97.3 Å². The molecule has 0 atom stereocenters. The van der Waals surface area contributed by atoms with Crippen LogP contribution in [0.2, 0.25) is 0 Å². The van der Waals surface area contributed by atoms with E-state index in [9.17, 15) is 0 Å². The first-order valence-electron chi connectivity index (χ1n) is 14.8. The Bertz CT molecular complexity index is 2040. The van der Waals surface area contributed by atoms with Gasteiger partial charge in [0, 0.05) is 43.7 Å². The molecule has 0 saturated carbocycles. The average molecular weight is 763 g/mol. The van der Waals surface area contributed by atoms with E-state index >= 15 is 0 Å². The fourth-order valence-electron chi connectivity index (χ4n) is 5.73. The van der Waals surface area contributed by atoms with E-state index in [1.807, 2.05) is 54.9 Å². The van der Waals surface area contributed by atoms with E-state index in [0.717, 1.165) is 61.9 Å². The Balaban J connectivity index is 0.000000190. The number of benzene rings is 4. The predicted molar refractivity (Wildman–Crippen MR) is 178 cm³/mol. The first-order valence-corrected chi connectivity index (χ1v) is 14.8. The van der Waals surface area contributed by atoms with Crippen LogP contribution in [0.1, 0.15) is 27.8 Å². The second kappa shape index (κ2) is 12.5. The maximum Gasteiger partial charge on any atom is 0.241 e. The third-order valence-corrected chi connectivity index (χ3v) is 8.51. The molecule has 0 aliphatic carbocycles. The molecule has 0 bridgehead atoms. The van der Waals surface area contributed by atoms with Crippen molar-refractivity contribution in [2.45, 2.75) is 34.6 Å². The summed E-state index contributed by atoms with van der Waals surface area (Å²) < 4.78 is 12.6. The number of aryl methyl sites for hydroxylation is 5. The molecule has 4 aromatic carbocycles. The summed E-state index contributed by atoms with van der Waals surface area (Å²) in [5.41, 5.74) is 13.3. The fourth-order valence-corrected chi connectivity index (χ4v) is 5.73. The predicted octanol–water partition coefficient (Wildman–Crippen LogP) is 7.36. The summed E-state index contributed by atoms with van der Waals surface area (Å²) in [6.45, 7) is 10.5. The van der Waals surface area contributed by atoms with Gasteiger partial charge in [-0.1, -0.05) is 60.0 Å². The minimum atomic E-state index is 0. The molecular formula is C39H31BIrN2O2-2. The van der Waals surface area contributed by atoms with Crippen molar-refractivity contribution in [3.8, 4) is 45.5 Å². The van der Waals surface area contributed by atoms with Crippen molar-refractivity contribution >= 4 is 23.1 Å². The first-order chi connectivity index (χ1) is 21.4. The molecule has 45 heavy (non-hydrogen) atoms. The molecule has 2 aromatic heterocycles. The van der Waals surface area contributed by atoms with Crippen molar-refractivity contribution in [2.75, 3.05) is 0 Å². The first kappa shape index (κ1) is 30.5. The molecule has 0 saturated heterocycles. The van der Waals surface area contributed by atoms with Gasteiger partial charge in [0.2, 0.25) is 6.71 Å². The molecule has 6 heteroatoms. The largest absolute Gasteiger partial charge is 0.503 e. The topological polar surface area (TPSA) is 44.2 Å². The quantitative estimate of drug-likeness (QED) is 0.137. The van der Waals surface area contributed by atoms with Crippen molar-refractivity contribution < 1.29 is 29.6 Å².